The van der Waals surface area contributed by atoms with Gasteiger partial charge < -0.3 is 15.8 Å². The first-order valence-electron chi connectivity index (χ1n) is 5.40. The highest BCUT2D eigenvalue weighted by atomic mass is 127. The standard InChI is InChI=1S/C12H14F3N3O.HI/c1-2-7-17-11(16)18-8-9-3-5-10(6-4-9)19-12(13,14)15;/h2-6H,1,7-8H2,(H3,16,17,18);1H. The van der Waals surface area contributed by atoms with Gasteiger partial charge in [-0.15, -0.1) is 43.7 Å². The van der Waals surface area contributed by atoms with Crippen LogP contribution in [-0.2, 0) is 6.54 Å². The second-order valence-electron chi connectivity index (χ2n) is 3.56. The molecule has 0 saturated carbocycles. The lowest BCUT2D eigenvalue weighted by atomic mass is 10.2. The largest absolute Gasteiger partial charge is 0.573 e. The third kappa shape index (κ3) is 7.87. The third-order valence-electron chi connectivity index (χ3n) is 2.02. The van der Waals surface area contributed by atoms with Crippen LogP contribution in [0.15, 0.2) is 41.9 Å². The molecule has 1 aromatic carbocycles. The first-order valence-corrected chi connectivity index (χ1v) is 5.40. The zero-order chi connectivity index (χ0) is 14.3. The van der Waals surface area contributed by atoms with Crippen molar-refractivity contribution in [2.24, 2.45) is 10.7 Å². The molecule has 3 N–H and O–H groups in total. The fourth-order valence-corrected chi connectivity index (χ4v) is 1.21. The molecular formula is C12H15F3IN3O. The quantitative estimate of drug-likeness (QED) is 0.345. The van der Waals surface area contributed by atoms with E-state index in [1.807, 2.05) is 0 Å². The average molecular weight is 401 g/mol. The summed E-state index contributed by atoms with van der Waals surface area (Å²) in [6.07, 6.45) is -3.05. The number of nitrogens with zero attached hydrogens (tertiary/aromatic N) is 1. The minimum absolute atomic E-state index is 0. The summed E-state index contributed by atoms with van der Waals surface area (Å²) >= 11 is 0. The second-order valence-corrected chi connectivity index (χ2v) is 3.56. The second kappa shape index (κ2) is 8.67. The zero-order valence-electron chi connectivity index (χ0n) is 10.5. The van der Waals surface area contributed by atoms with Gasteiger partial charge in [0.25, 0.3) is 0 Å². The monoisotopic (exact) mass is 401 g/mol. The molecular weight excluding hydrogens is 386 g/mol. The summed E-state index contributed by atoms with van der Waals surface area (Å²) in [5, 5.41) is 2.78. The molecule has 8 heteroatoms. The molecule has 0 aliphatic carbocycles. The molecule has 0 spiro atoms. The highest BCUT2D eigenvalue weighted by molar-refractivity contribution is 14.0. The van der Waals surface area contributed by atoms with E-state index in [0.29, 0.717) is 6.54 Å². The number of ether oxygens (including phenoxy) is 1. The van der Waals surface area contributed by atoms with Gasteiger partial charge in [0.2, 0.25) is 0 Å². The number of hydrogen-bond donors (Lipinski definition) is 2. The third-order valence-corrected chi connectivity index (χ3v) is 2.02. The number of benzene rings is 1. The summed E-state index contributed by atoms with van der Waals surface area (Å²) in [5.74, 6) is -0.0199. The van der Waals surface area contributed by atoms with Crippen molar-refractivity contribution in [1.82, 2.24) is 5.32 Å². The Labute approximate surface area is 131 Å². The number of hydrogen-bond acceptors (Lipinski definition) is 2. The number of nitrogens with two attached hydrogens (primary N) is 1. The summed E-state index contributed by atoms with van der Waals surface area (Å²) in [6.45, 7) is 4.27. The molecule has 0 aliphatic heterocycles. The fourth-order valence-electron chi connectivity index (χ4n) is 1.21. The lowest BCUT2D eigenvalue weighted by molar-refractivity contribution is -0.274. The molecule has 0 aliphatic rings. The fraction of sp³-hybridized carbons (Fsp3) is 0.250. The van der Waals surface area contributed by atoms with Crippen molar-refractivity contribution >= 4 is 29.9 Å². The van der Waals surface area contributed by atoms with E-state index in [9.17, 15) is 13.2 Å². The number of alkyl halides is 3. The molecule has 0 saturated heterocycles. The Kier molecular flexibility index (Phi) is 8.04. The molecule has 1 aromatic rings. The van der Waals surface area contributed by atoms with Crippen LogP contribution in [0.1, 0.15) is 5.56 Å². The van der Waals surface area contributed by atoms with E-state index in [0.717, 1.165) is 5.56 Å². The number of nitrogens with one attached hydrogen (secondary N) is 1. The van der Waals surface area contributed by atoms with Crippen LogP contribution in [-0.4, -0.2) is 18.9 Å². The van der Waals surface area contributed by atoms with Crippen molar-refractivity contribution in [3.05, 3.63) is 42.5 Å². The summed E-state index contributed by atoms with van der Waals surface area (Å²) in [7, 11) is 0. The van der Waals surface area contributed by atoms with Gasteiger partial charge in [-0.25, -0.2) is 4.99 Å². The molecule has 0 radical (unpaired) electrons. The molecule has 4 nitrogen and oxygen atoms in total. The predicted molar refractivity (Wildman–Crippen MR) is 82.1 cm³/mol. The summed E-state index contributed by atoms with van der Waals surface area (Å²) in [4.78, 5) is 4.01. The van der Waals surface area contributed by atoms with E-state index < -0.39 is 6.36 Å². The minimum Gasteiger partial charge on any atom is -0.406 e. The molecule has 0 unspecified atom stereocenters. The van der Waals surface area contributed by atoms with Gasteiger partial charge in [-0.05, 0) is 17.7 Å². The predicted octanol–water partition coefficient (Wildman–Crippen LogP) is 2.79. The molecule has 0 heterocycles. The number of rotatable bonds is 5. The van der Waals surface area contributed by atoms with Crippen LogP contribution in [0.5, 0.6) is 5.75 Å². The maximum Gasteiger partial charge on any atom is 0.573 e. The van der Waals surface area contributed by atoms with Gasteiger partial charge in [0.1, 0.15) is 5.75 Å². The van der Waals surface area contributed by atoms with Crippen molar-refractivity contribution in [3.8, 4) is 5.75 Å². The number of guanidine groups is 1. The van der Waals surface area contributed by atoms with E-state index in [-0.39, 0.29) is 42.2 Å². The normalized spacial score (nSPS) is 11.4. The molecule has 1 rings (SSSR count). The summed E-state index contributed by atoms with van der Waals surface area (Å²) in [5.41, 5.74) is 6.26. The van der Waals surface area contributed by atoms with Gasteiger partial charge in [0, 0.05) is 6.54 Å². The van der Waals surface area contributed by atoms with Crippen molar-refractivity contribution in [3.63, 3.8) is 0 Å². The van der Waals surface area contributed by atoms with Crippen LogP contribution in [0.2, 0.25) is 0 Å². The van der Waals surface area contributed by atoms with Gasteiger partial charge in [0.15, 0.2) is 5.96 Å². The molecule has 20 heavy (non-hydrogen) atoms. The van der Waals surface area contributed by atoms with Gasteiger partial charge in [0.05, 0.1) is 6.54 Å². The van der Waals surface area contributed by atoms with Crippen LogP contribution >= 0.6 is 24.0 Å². The lowest BCUT2D eigenvalue weighted by Gasteiger charge is -2.08. The lowest BCUT2D eigenvalue weighted by Crippen LogP contribution is -2.31. The first kappa shape index (κ1) is 18.6. The smallest absolute Gasteiger partial charge is 0.406 e. The first-order chi connectivity index (χ1) is 8.90. The van der Waals surface area contributed by atoms with Crippen LogP contribution < -0.4 is 15.8 Å². The van der Waals surface area contributed by atoms with Gasteiger partial charge in [-0.3, -0.25) is 0 Å². The van der Waals surface area contributed by atoms with Crippen molar-refractivity contribution in [2.45, 2.75) is 12.9 Å². The molecule has 0 atom stereocenters. The number of aliphatic imine (C=N–C) groups is 1. The average Bonchev–Trinajstić information content (AvgIpc) is 2.33. The van der Waals surface area contributed by atoms with Gasteiger partial charge in [-0.2, -0.15) is 0 Å². The van der Waals surface area contributed by atoms with E-state index in [1.54, 1.807) is 6.08 Å². The van der Waals surface area contributed by atoms with Crippen LogP contribution in [0.25, 0.3) is 0 Å². The maximum atomic E-state index is 11.9. The highest BCUT2D eigenvalue weighted by Gasteiger charge is 2.30. The summed E-state index contributed by atoms with van der Waals surface area (Å²) < 4.78 is 39.6. The van der Waals surface area contributed by atoms with Gasteiger partial charge >= 0.3 is 6.36 Å². The molecule has 0 aromatic heterocycles. The van der Waals surface area contributed by atoms with Crippen molar-refractivity contribution in [1.29, 1.82) is 0 Å². The van der Waals surface area contributed by atoms with E-state index in [4.69, 9.17) is 5.73 Å². The van der Waals surface area contributed by atoms with Crippen molar-refractivity contribution in [2.75, 3.05) is 6.54 Å². The minimum atomic E-state index is -4.68. The van der Waals surface area contributed by atoms with E-state index in [1.165, 1.54) is 24.3 Å². The summed E-state index contributed by atoms with van der Waals surface area (Å²) in [6, 6.07) is 5.44. The van der Waals surface area contributed by atoms with Crippen LogP contribution in [0.4, 0.5) is 13.2 Å². The van der Waals surface area contributed by atoms with E-state index >= 15 is 0 Å². The van der Waals surface area contributed by atoms with Crippen LogP contribution in [0, 0.1) is 0 Å². The Bertz CT molecular complexity index is 446. The zero-order valence-corrected chi connectivity index (χ0v) is 12.8. The molecule has 0 fully saturated rings. The molecule has 0 bridgehead atoms. The van der Waals surface area contributed by atoms with Crippen molar-refractivity contribution < 1.29 is 17.9 Å². The molecule has 112 valence electrons. The maximum absolute atomic E-state index is 11.9. The SMILES string of the molecule is C=CCNC(N)=NCc1ccc(OC(F)(F)F)cc1.I. The Balaban J connectivity index is 0.00000361. The Morgan fingerprint density at radius 1 is 1.35 bits per heavy atom. The molecule has 0 amide bonds. The number of halogens is 4. The Morgan fingerprint density at radius 3 is 2.45 bits per heavy atom. The van der Waals surface area contributed by atoms with E-state index in [2.05, 4.69) is 21.6 Å². The Hall–Kier alpha value is -1.45. The highest BCUT2D eigenvalue weighted by Crippen LogP contribution is 2.22. The Morgan fingerprint density at radius 2 is 1.95 bits per heavy atom. The van der Waals surface area contributed by atoms with Gasteiger partial charge in [-0.1, -0.05) is 18.2 Å². The topological polar surface area (TPSA) is 59.6 Å². The van der Waals surface area contributed by atoms with Crippen LogP contribution in [0.3, 0.4) is 0 Å².